The molecule has 0 aliphatic heterocycles. The lowest BCUT2D eigenvalue weighted by molar-refractivity contribution is -0.308. The Hall–Kier alpha value is -1.99. The highest BCUT2D eigenvalue weighted by Crippen LogP contribution is 1.97. The van der Waals surface area contributed by atoms with Crippen molar-refractivity contribution in [3.05, 3.63) is 0 Å². The Morgan fingerprint density at radius 2 is 2.07 bits per heavy atom. The van der Waals surface area contributed by atoms with Crippen molar-refractivity contribution in [3.8, 4) is 0 Å². The number of aliphatic carboxylic acids is 1. The monoisotopic (exact) mass is 217 g/mol. The number of carboxylic acids is 1. The van der Waals surface area contributed by atoms with Gasteiger partial charge in [-0.1, -0.05) is 0 Å². The van der Waals surface area contributed by atoms with Gasteiger partial charge in [-0.05, 0) is 12.8 Å². The van der Waals surface area contributed by atoms with Gasteiger partial charge in [-0.25, -0.2) is 4.79 Å². The van der Waals surface area contributed by atoms with Crippen LogP contribution < -0.4 is 21.9 Å². The molecule has 0 aromatic rings. The van der Waals surface area contributed by atoms with Crippen LogP contribution in [0.3, 0.4) is 0 Å². The molecule has 0 saturated heterocycles. The van der Waals surface area contributed by atoms with Crippen molar-refractivity contribution in [2.75, 3.05) is 6.54 Å². The molecule has 8 heteroatoms. The van der Waals surface area contributed by atoms with E-state index in [1.165, 1.54) is 0 Å². The summed E-state index contributed by atoms with van der Waals surface area (Å²) in [4.78, 5) is 24.2. The van der Waals surface area contributed by atoms with Crippen LogP contribution in [-0.2, 0) is 4.79 Å². The lowest BCUT2D eigenvalue weighted by atomic mass is 10.1. The van der Waals surface area contributed by atoms with Crippen LogP contribution in [-0.4, -0.2) is 35.7 Å². The summed E-state index contributed by atoms with van der Waals surface area (Å²) in [7, 11) is 0. The van der Waals surface area contributed by atoms with Gasteiger partial charge in [-0.2, -0.15) is 0 Å². The Morgan fingerprint density at radius 3 is 2.47 bits per heavy atom. The van der Waals surface area contributed by atoms with Crippen LogP contribution in [0.1, 0.15) is 12.8 Å². The van der Waals surface area contributed by atoms with Gasteiger partial charge < -0.3 is 31.8 Å². The summed E-state index contributed by atoms with van der Waals surface area (Å²) >= 11 is 0. The van der Waals surface area contributed by atoms with E-state index >= 15 is 0 Å². The average molecular weight is 217 g/mol. The third kappa shape index (κ3) is 7.11. The molecule has 0 bridgehead atoms. The van der Waals surface area contributed by atoms with Crippen LogP contribution in [0.4, 0.5) is 4.79 Å². The maximum absolute atomic E-state index is 10.4. The number of nitrogens with two attached hydrogens (primary N) is 2. The van der Waals surface area contributed by atoms with Crippen molar-refractivity contribution in [2.45, 2.75) is 18.9 Å². The molecule has 1 unspecified atom stereocenters. The fraction of sp³-hybridized carbons (Fsp3) is 0.571. The van der Waals surface area contributed by atoms with Crippen LogP contribution in [0.2, 0.25) is 0 Å². The zero-order valence-corrected chi connectivity index (χ0v) is 7.97. The minimum Gasteiger partial charge on any atom is -0.548 e. The number of hydrogen-bond donors (Lipinski definition) is 4. The molecule has 0 fully saturated rings. The molecule has 0 rings (SSSR count). The van der Waals surface area contributed by atoms with Gasteiger partial charge in [0.1, 0.15) is 0 Å². The second-order valence-electron chi connectivity index (χ2n) is 2.77. The van der Waals surface area contributed by atoms with Gasteiger partial charge in [-0.3, -0.25) is 4.99 Å². The topological polar surface area (TPSA) is 154 Å². The van der Waals surface area contributed by atoms with Crippen molar-refractivity contribution in [2.24, 2.45) is 16.5 Å². The van der Waals surface area contributed by atoms with E-state index in [2.05, 4.69) is 4.99 Å². The molecular formula is C7H13N4O4-. The summed E-state index contributed by atoms with van der Waals surface area (Å²) in [5.74, 6) is -1.56. The van der Waals surface area contributed by atoms with Gasteiger partial charge in [0.05, 0.1) is 12.0 Å². The molecule has 86 valence electrons. The summed E-state index contributed by atoms with van der Waals surface area (Å²) in [5, 5.41) is 20.6. The largest absolute Gasteiger partial charge is 0.548 e. The number of guanidine groups is 1. The number of hydrogen-bond acceptors (Lipinski definition) is 4. The van der Waals surface area contributed by atoms with E-state index in [9.17, 15) is 14.7 Å². The molecule has 0 heterocycles. The summed E-state index contributed by atoms with van der Waals surface area (Å²) in [6.45, 7) is 0.243. The number of rotatable bonds is 6. The van der Waals surface area contributed by atoms with Crippen LogP contribution in [0.25, 0.3) is 0 Å². The zero-order chi connectivity index (χ0) is 11.8. The molecule has 0 aliphatic carbocycles. The molecule has 6 N–H and O–H groups in total. The van der Waals surface area contributed by atoms with E-state index in [0.29, 0.717) is 6.42 Å². The highest BCUT2D eigenvalue weighted by Gasteiger charge is 2.11. The van der Waals surface area contributed by atoms with E-state index in [4.69, 9.17) is 16.6 Å². The first-order chi connectivity index (χ1) is 6.93. The molecule has 0 aromatic carbocycles. The lowest BCUT2D eigenvalue weighted by Crippen LogP contribution is -2.47. The van der Waals surface area contributed by atoms with E-state index in [0.717, 1.165) is 0 Å². The maximum Gasteiger partial charge on any atom is 0.405 e. The molecule has 1 atom stereocenters. The third-order valence-corrected chi connectivity index (χ3v) is 1.53. The Labute approximate surface area is 86.0 Å². The summed E-state index contributed by atoms with van der Waals surface area (Å²) in [6.07, 6.45) is -0.992. The second kappa shape index (κ2) is 6.46. The van der Waals surface area contributed by atoms with Gasteiger partial charge in [0.2, 0.25) is 0 Å². The van der Waals surface area contributed by atoms with Gasteiger partial charge >= 0.3 is 6.09 Å². The number of nitrogens with one attached hydrogen (secondary N) is 1. The summed E-state index contributed by atoms with van der Waals surface area (Å²) in [6, 6.07) is -1.24. The predicted molar refractivity (Wildman–Crippen MR) is 49.9 cm³/mol. The van der Waals surface area contributed by atoms with Crippen LogP contribution in [0, 0.1) is 0 Å². The number of carboxylic acid groups (broad SMARTS) is 2. The molecule has 15 heavy (non-hydrogen) atoms. The average Bonchev–Trinajstić information content (AvgIpc) is 2.08. The van der Waals surface area contributed by atoms with Crippen molar-refractivity contribution in [1.29, 1.82) is 0 Å². The quantitative estimate of drug-likeness (QED) is 0.218. The molecule has 0 radical (unpaired) electrons. The van der Waals surface area contributed by atoms with Crippen molar-refractivity contribution in [1.82, 2.24) is 5.32 Å². The minimum atomic E-state index is -1.47. The number of nitrogens with zero attached hydrogens (tertiary/aromatic N) is 1. The van der Waals surface area contributed by atoms with Gasteiger partial charge in [0.15, 0.2) is 5.96 Å². The molecule has 0 saturated carbocycles. The molecule has 0 spiro atoms. The Kier molecular flexibility index (Phi) is 5.60. The summed E-state index contributed by atoms with van der Waals surface area (Å²) < 4.78 is 0. The minimum absolute atomic E-state index is 0.0748. The van der Waals surface area contributed by atoms with Crippen molar-refractivity contribution < 1.29 is 19.8 Å². The van der Waals surface area contributed by atoms with Crippen molar-refractivity contribution in [3.63, 3.8) is 0 Å². The normalized spacial score (nSPS) is 11.5. The van der Waals surface area contributed by atoms with Crippen molar-refractivity contribution >= 4 is 18.0 Å². The van der Waals surface area contributed by atoms with E-state index in [1.807, 2.05) is 5.32 Å². The zero-order valence-electron chi connectivity index (χ0n) is 7.97. The van der Waals surface area contributed by atoms with E-state index < -0.39 is 18.1 Å². The smallest absolute Gasteiger partial charge is 0.405 e. The first-order valence-electron chi connectivity index (χ1n) is 4.19. The van der Waals surface area contributed by atoms with E-state index in [1.54, 1.807) is 0 Å². The Morgan fingerprint density at radius 1 is 1.47 bits per heavy atom. The fourth-order valence-electron chi connectivity index (χ4n) is 0.902. The van der Waals surface area contributed by atoms with Crippen LogP contribution >= 0.6 is 0 Å². The lowest BCUT2D eigenvalue weighted by Gasteiger charge is -2.16. The first-order valence-corrected chi connectivity index (χ1v) is 4.19. The number of carbonyl (C=O) groups excluding carboxylic acids is 1. The van der Waals surface area contributed by atoms with Crippen LogP contribution in [0.15, 0.2) is 4.99 Å². The maximum atomic E-state index is 10.4. The molecule has 0 aromatic heterocycles. The number of aliphatic imine (C=N–C) groups is 1. The van der Waals surface area contributed by atoms with Crippen LogP contribution in [0.5, 0.6) is 0 Å². The summed E-state index contributed by atoms with van der Waals surface area (Å²) in [5.41, 5.74) is 10.1. The van der Waals surface area contributed by atoms with Gasteiger partial charge in [-0.15, -0.1) is 0 Å². The molecule has 1 amide bonds. The standard InChI is InChI=1S/C7H14N4O4/c8-6(9)10-3-1-2-4(5(12)13)11-7(14)15/h4,11H,1-3H2,(H,12,13)(H,14,15)(H4,8,9,10)/p-1. The van der Waals surface area contributed by atoms with Gasteiger partial charge in [0, 0.05) is 6.54 Å². The molecular weight excluding hydrogens is 204 g/mol. The molecule has 8 nitrogen and oxygen atoms in total. The number of amides is 1. The predicted octanol–water partition coefficient (Wildman–Crippen LogP) is -2.57. The SMILES string of the molecule is NC(N)=NCCCC(NC(=O)O)C(=O)[O-]. The van der Waals surface area contributed by atoms with Gasteiger partial charge in [0.25, 0.3) is 0 Å². The Balaban J connectivity index is 3.92. The highest BCUT2D eigenvalue weighted by molar-refractivity contribution is 5.77. The second-order valence-corrected chi connectivity index (χ2v) is 2.77. The molecule has 0 aliphatic rings. The fourth-order valence-corrected chi connectivity index (χ4v) is 0.902. The number of carbonyl (C=O) groups is 2. The van der Waals surface area contributed by atoms with E-state index in [-0.39, 0.29) is 18.9 Å². The first kappa shape index (κ1) is 13.0. The Bertz CT molecular complexity index is 262. The highest BCUT2D eigenvalue weighted by atomic mass is 16.4. The third-order valence-electron chi connectivity index (χ3n) is 1.53.